The van der Waals surface area contributed by atoms with Gasteiger partial charge in [0.05, 0.1) is 4.92 Å². The maximum absolute atomic E-state index is 13.5. The van der Waals surface area contributed by atoms with Crippen molar-refractivity contribution in [2.45, 2.75) is 13.5 Å². The maximum atomic E-state index is 13.5. The SMILES string of the molecule is Cc1ccc(NCc2cccc(F)c2F)c([N+](=O)[O-])c1. The molecule has 0 atom stereocenters. The van der Waals surface area contributed by atoms with E-state index in [9.17, 15) is 18.9 Å². The molecule has 6 heteroatoms. The Balaban J connectivity index is 2.23. The van der Waals surface area contributed by atoms with Crippen LogP contribution in [0.5, 0.6) is 0 Å². The average molecular weight is 278 g/mol. The van der Waals surface area contributed by atoms with Gasteiger partial charge in [-0.25, -0.2) is 8.78 Å². The van der Waals surface area contributed by atoms with E-state index in [1.165, 1.54) is 18.2 Å². The fourth-order valence-electron chi connectivity index (χ4n) is 1.82. The number of aryl methyl sites for hydroxylation is 1. The molecule has 0 heterocycles. The summed E-state index contributed by atoms with van der Waals surface area (Å²) in [5, 5.41) is 13.7. The number of halogens is 2. The lowest BCUT2D eigenvalue weighted by Crippen LogP contribution is -2.05. The van der Waals surface area contributed by atoms with E-state index in [0.717, 1.165) is 11.6 Å². The van der Waals surface area contributed by atoms with Crippen molar-refractivity contribution in [3.05, 3.63) is 69.3 Å². The van der Waals surface area contributed by atoms with Crippen molar-refractivity contribution >= 4 is 11.4 Å². The highest BCUT2D eigenvalue weighted by Crippen LogP contribution is 2.26. The number of nitro groups is 1. The van der Waals surface area contributed by atoms with Crippen LogP contribution in [0.3, 0.4) is 0 Å². The van der Waals surface area contributed by atoms with Gasteiger partial charge in [-0.3, -0.25) is 10.1 Å². The van der Waals surface area contributed by atoms with Crippen molar-refractivity contribution in [1.29, 1.82) is 0 Å². The molecular weight excluding hydrogens is 266 g/mol. The molecule has 2 rings (SSSR count). The molecular formula is C14H12F2N2O2. The van der Waals surface area contributed by atoms with Gasteiger partial charge in [0.1, 0.15) is 5.69 Å². The third kappa shape index (κ3) is 2.90. The van der Waals surface area contributed by atoms with Gasteiger partial charge in [0.15, 0.2) is 11.6 Å². The third-order valence-corrected chi connectivity index (χ3v) is 2.85. The fraction of sp³-hybridized carbons (Fsp3) is 0.143. The summed E-state index contributed by atoms with van der Waals surface area (Å²) < 4.78 is 26.5. The molecule has 1 N–H and O–H groups in total. The van der Waals surface area contributed by atoms with E-state index in [1.54, 1.807) is 19.1 Å². The monoisotopic (exact) mass is 278 g/mol. The van der Waals surface area contributed by atoms with Crippen LogP contribution in [0.4, 0.5) is 20.2 Å². The van der Waals surface area contributed by atoms with Crippen molar-refractivity contribution in [2.75, 3.05) is 5.32 Å². The van der Waals surface area contributed by atoms with Crippen LogP contribution < -0.4 is 5.32 Å². The summed E-state index contributed by atoms with van der Waals surface area (Å²) in [5.74, 6) is -1.89. The Kier molecular flexibility index (Phi) is 3.93. The van der Waals surface area contributed by atoms with Crippen LogP contribution in [-0.2, 0) is 6.54 Å². The van der Waals surface area contributed by atoms with Crippen LogP contribution in [0.15, 0.2) is 36.4 Å². The van der Waals surface area contributed by atoms with E-state index in [4.69, 9.17) is 0 Å². The largest absolute Gasteiger partial charge is 0.375 e. The summed E-state index contributed by atoms with van der Waals surface area (Å²) in [5.41, 5.74) is 1.03. The number of hydrogen-bond donors (Lipinski definition) is 1. The standard InChI is InChI=1S/C14H12F2N2O2/c1-9-5-6-12(13(7-9)18(19)20)17-8-10-3-2-4-11(15)14(10)16/h2-7,17H,8H2,1H3. The summed E-state index contributed by atoms with van der Waals surface area (Å²) in [6, 6.07) is 8.50. The first-order chi connectivity index (χ1) is 9.49. The van der Waals surface area contributed by atoms with Gasteiger partial charge in [0.2, 0.25) is 0 Å². The van der Waals surface area contributed by atoms with Crippen LogP contribution in [-0.4, -0.2) is 4.92 Å². The molecule has 0 saturated carbocycles. The van der Waals surface area contributed by atoms with Crippen molar-refractivity contribution in [3.8, 4) is 0 Å². The molecule has 2 aromatic rings. The molecule has 4 nitrogen and oxygen atoms in total. The van der Waals surface area contributed by atoms with Crippen LogP contribution in [0, 0.1) is 28.7 Å². The number of nitrogens with one attached hydrogen (secondary N) is 1. The Morgan fingerprint density at radius 3 is 2.70 bits per heavy atom. The molecule has 0 radical (unpaired) electrons. The highest BCUT2D eigenvalue weighted by Gasteiger charge is 2.14. The number of benzene rings is 2. The topological polar surface area (TPSA) is 55.2 Å². The summed E-state index contributed by atoms with van der Waals surface area (Å²) in [7, 11) is 0. The second-order valence-electron chi connectivity index (χ2n) is 4.34. The first-order valence-electron chi connectivity index (χ1n) is 5.91. The van der Waals surface area contributed by atoms with E-state index in [-0.39, 0.29) is 23.5 Å². The highest BCUT2D eigenvalue weighted by atomic mass is 19.2. The van der Waals surface area contributed by atoms with E-state index in [0.29, 0.717) is 0 Å². The first-order valence-corrected chi connectivity index (χ1v) is 5.91. The van der Waals surface area contributed by atoms with Crippen LogP contribution in [0.2, 0.25) is 0 Å². The second-order valence-corrected chi connectivity index (χ2v) is 4.34. The lowest BCUT2D eigenvalue weighted by molar-refractivity contribution is -0.384. The molecule has 20 heavy (non-hydrogen) atoms. The zero-order chi connectivity index (χ0) is 14.7. The van der Waals surface area contributed by atoms with Crippen molar-refractivity contribution in [3.63, 3.8) is 0 Å². The van der Waals surface area contributed by atoms with Gasteiger partial charge in [-0.2, -0.15) is 0 Å². The van der Waals surface area contributed by atoms with Crippen molar-refractivity contribution in [2.24, 2.45) is 0 Å². The number of nitrogens with zero attached hydrogens (tertiary/aromatic N) is 1. The predicted octanol–water partition coefficient (Wildman–Crippen LogP) is 3.79. The lowest BCUT2D eigenvalue weighted by Gasteiger charge is -2.09. The van der Waals surface area contributed by atoms with E-state index in [1.807, 2.05) is 0 Å². The maximum Gasteiger partial charge on any atom is 0.292 e. The molecule has 2 aromatic carbocycles. The zero-order valence-electron chi connectivity index (χ0n) is 10.7. The molecule has 0 unspecified atom stereocenters. The number of rotatable bonds is 4. The summed E-state index contributed by atoms with van der Waals surface area (Å²) in [6.07, 6.45) is 0. The summed E-state index contributed by atoms with van der Waals surface area (Å²) in [6.45, 7) is 1.70. The summed E-state index contributed by atoms with van der Waals surface area (Å²) >= 11 is 0. The quantitative estimate of drug-likeness (QED) is 0.683. The van der Waals surface area contributed by atoms with Gasteiger partial charge in [-0.05, 0) is 24.6 Å². The molecule has 0 aliphatic carbocycles. The van der Waals surface area contributed by atoms with Crippen LogP contribution in [0.25, 0.3) is 0 Å². The minimum absolute atomic E-state index is 0.0342. The van der Waals surface area contributed by atoms with Crippen molar-refractivity contribution in [1.82, 2.24) is 0 Å². The minimum atomic E-state index is -0.949. The smallest absolute Gasteiger partial charge is 0.292 e. The number of hydrogen-bond acceptors (Lipinski definition) is 3. The number of anilines is 1. The number of nitro benzene ring substituents is 1. The van der Waals surface area contributed by atoms with Gasteiger partial charge in [0, 0.05) is 18.2 Å². The fourth-order valence-corrected chi connectivity index (χ4v) is 1.82. The van der Waals surface area contributed by atoms with E-state index < -0.39 is 16.6 Å². The Morgan fingerprint density at radius 2 is 2.00 bits per heavy atom. The molecule has 0 bridgehead atoms. The average Bonchev–Trinajstić information content (AvgIpc) is 2.41. The van der Waals surface area contributed by atoms with E-state index >= 15 is 0 Å². The van der Waals surface area contributed by atoms with Gasteiger partial charge in [-0.15, -0.1) is 0 Å². The molecule has 104 valence electrons. The van der Waals surface area contributed by atoms with Gasteiger partial charge < -0.3 is 5.32 Å². The highest BCUT2D eigenvalue weighted by molar-refractivity contribution is 5.62. The van der Waals surface area contributed by atoms with Crippen LogP contribution in [0.1, 0.15) is 11.1 Å². The molecule has 0 amide bonds. The first kappa shape index (κ1) is 13.9. The summed E-state index contributed by atoms with van der Waals surface area (Å²) in [4.78, 5) is 10.4. The minimum Gasteiger partial charge on any atom is -0.375 e. The Morgan fingerprint density at radius 1 is 1.25 bits per heavy atom. The Labute approximate surface area is 114 Å². The molecule has 0 aliphatic rings. The zero-order valence-corrected chi connectivity index (χ0v) is 10.7. The van der Waals surface area contributed by atoms with E-state index in [2.05, 4.69) is 5.32 Å². The molecule has 0 aromatic heterocycles. The third-order valence-electron chi connectivity index (χ3n) is 2.85. The van der Waals surface area contributed by atoms with Crippen LogP contribution >= 0.6 is 0 Å². The molecule has 0 spiro atoms. The molecule has 0 aliphatic heterocycles. The van der Waals surface area contributed by atoms with Gasteiger partial charge in [-0.1, -0.05) is 18.2 Å². The predicted molar refractivity (Wildman–Crippen MR) is 71.5 cm³/mol. The van der Waals surface area contributed by atoms with Gasteiger partial charge in [0.25, 0.3) is 5.69 Å². The molecule has 0 fully saturated rings. The Bertz CT molecular complexity index is 660. The lowest BCUT2D eigenvalue weighted by atomic mass is 10.1. The Hall–Kier alpha value is -2.50. The van der Waals surface area contributed by atoms with Gasteiger partial charge >= 0.3 is 0 Å². The second kappa shape index (κ2) is 5.64. The van der Waals surface area contributed by atoms with Crippen molar-refractivity contribution < 1.29 is 13.7 Å². The normalized spacial score (nSPS) is 10.3. The molecule has 0 saturated heterocycles.